The fourth-order valence-electron chi connectivity index (χ4n) is 2.50. The van der Waals surface area contributed by atoms with Gasteiger partial charge in [0, 0.05) is 5.56 Å². The molecule has 2 aromatic carbocycles. The van der Waals surface area contributed by atoms with Gasteiger partial charge in [-0.25, -0.2) is 0 Å². The Bertz CT molecular complexity index is 567. The summed E-state index contributed by atoms with van der Waals surface area (Å²) in [7, 11) is 1.68. The molecule has 0 saturated carbocycles. The average Bonchev–Trinajstić information content (AvgIpc) is 2.37. The number of aryl methyl sites for hydroxylation is 2. The van der Waals surface area contributed by atoms with E-state index >= 15 is 0 Å². The second kappa shape index (κ2) is 5.06. The maximum atomic E-state index is 6.59. The third-order valence-electron chi connectivity index (χ3n) is 3.49. The summed E-state index contributed by atoms with van der Waals surface area (Å²) in [5.74, 6) is 0.826. The van der Waals surface area contributed by atoms with Gasteiger partial charge in [0.05, 0.1) is 12.6 Å². The van der Waals surface area contributed by atoms with Gasteiger partial charge in [-0.2, -0.15) is 0 Å². The van der Waals surface area contributed by atoms with E-state index < -0.39 is 5.54 Å². The highest BCUT2D eigenvalue weighted by Gasteiger charge is 2.27. The number of hydrogen-bond acceptors (Lipinski definition) is 2. The summed E-state index contributed by atoms with van der Waals surface area (Å²) in [5, 5.41) is 0. The first-order chi connectivity index (χ1) is 8.95. The molecule has 0 aliphatic heterocycles. The Balaban J connectivity index is 2.57. The van der Waals surface area contributed by atoms with Gasteiger partial charge >= 0.3 is 0 Å². The van der Waals surface area contributed by atoms with Gasteiger partial charge in [0.2, 0.25) is 0 Å². The minimum atomic E-state index is -0.566. The van der Waals surface area contributed by atoms with Crippen LogP contribution in [-0.4, -0.2) is 7.11 Å². The molecule has 19 heavy (non-hydrogen) atoms. The zero-order chi connectivity index (χ0) is 14.0. The van der Waals surface area contributed by atoms with Crippen molar-refractivity contribution in [3.05, 3.63) is 64.7 Å². The Kier molecular flexibility index (Phi) is 3.63. The average molecular weight is 255 g/mol. The van der Waals surface area contributed by atoms with Gasteiger partial charge in [-0.15, -0.1) is 0 Å². The molecule has 0 radical (unpaired) electrons. The van der Waals surface area contributed by atoms with Crippen LogP contribution in [0, 0.1) is 13.8 Å². The number of hydrogen-bond donors (Lipinski definition) is 1. The normalized spacial score (nSPS) is 13.9. The van der Waals surface area contributed by atoms with Crippen LogP contribution in [0.4, 0.5) is 0 Å². The molecule has 0 spiro atoms. The van der Waals surface area contributed by atoms with E-state index in [-0.39, 0.29) is 0 Å². The van der Waals surface area contributed by atoms with Crippen molar-refractivity contribution in [2.75, 3.05) is 7.11 Å². The van der Waals surface area contributed by atoms with Crippen LogP contribution < -0.4 is 10.5 Å². The minimum Gasteiger partial charge on any atom is -0.496 e. The van der Waals surface area contributed by atoms with E-state index in [4.69, 9.17) is 10.5 Å². The molecule has 1 unspecified atom stereocenters. The Morgan fingerprint density at radius 3 is 2.16 bits per heavy atom. The van der Waals surface area contributed by atoms with Crippen LogP contribution in [0.1, 0.15) is 29.2 Å². The third-order valence-corrected chi connectivity index (χ3v) is 3.49. The largest absolute Gasteiger partial charge is 0.496 e. The molecule has 0 aliphatic rings. The molecule has 2 nitrogen and oxygen atoms in total. The highest BCUT2D eigenvalue weighted by Crippen LogP contribution is 2.33. The fourth-order valence-corrected chi connectivity index (χ4v) is 2.50. The van der Waals surface area contributed by atoms with E-state index in [1.165, 1.54) is 11.1 Å². The number of ether oxygens (including phenoxy) is 1. The van der Waals surface area contributed by atoms with Crippen LogP contribution >= 0.6 is 0 Å². The maximum Gasteiger partial charge on any atom is 0.124 e. The van der Waals surface area contributed by atoms with Gasteiger partial charge in [-0.3, -0.25) is 0 Å². The molecular formula is C17H21NO. The summed E-state index contributed by atoms with van der Waals surface area (Å²) < 4.78 is 5.43. The van der Waals surface area contributed by atoms with E-state index in [9.17, 15) is 0 Å². The van der Waals surface area contributed by atoms with Gasteiger partial charge < -0.3 is 10.5 Å². The van der Waals surface area contributed by atoms with Crippen LogP contribution in [0.3, 0.4) is 0 Å². The second-order valence-corrected chi connectivity index (χ2v) is 5.28. The van der Waals surface area contributed by atoms with E-state index in [1.54, 1.807) is 7.11 Å². The van der Waals surface area contributed by atoms with Crippen molar-refractivity contribution < 1.29 is 4.74 Å². The van der Waals surface area contributed by atoms with Crippen molar-refractivity contribution in [3.63, 3.8) is 0 Å². The summed E-state index contributed by atoms with van der Waals surface area (Å²) in [6, 6.07) is 14.4. The SMILES string of the molecule is COc1ccccc1C(C)(N)c1cc(C)cc(C)c1. The summed E-state index contributed by atoms with van der Waals surface area (Å²) in [6.07, 6.45) is 0. The van der Waals surface area contributed by atoms with Crippen molar-refractivity contribution >= 4 is 0 Å². The molecule has 0 aliphatic carbocycles. The molecule has 2 N–H and O–H groups in total. The quantitative estimate of drug-likeness (QED) is 0.910. The zero-order valence-corrected chi connectivity index (χ0v) is 12.0. The van der Waals surface area contributed by atoms with Gasteiger partial charge in [-0.05, 0) is 32.4 Å². The Hall–Kier alpha value is -1.80. The summed E-state index contributed by atoms with van der Waals surface area (Å²) >= 11 is 0. The Morgan fingerprint density at radius 2 is 1.58 bits per heavy atom. The van der Waals surface area contributed by atoms with Crippen molar-refractivity contribution in [1.82, 2.24) is 0 Å². The molecular weight excluding hydrogens is 234 g/mol. The molecule has 0 fully saturated rings. The van der Waals surface area contributed by atoms with Crippen LogP contribution in [-0.2, 0) is 5.54 Å². The highest BCUT2D eigenvalue weighted by atomic mass is 16.5. The summed E-state index contributed by atoms with van der Waals surface area (Å²) in [6.45, 7) is 6.21. The summed E-state index contributed by atoms with van der Waals surface area (Å²) in [5.41, 5.74) is 10.6. The second-order valence-electron chi connectivity index (χ2n) is 5.28. The maximum absolute atomic E-state index is 6.59. The number of rotatable bonds is 3. The predicted octanol–water partition coefficient (Wildman–Crippen LogP) is 3.53. The minimum absolute atomic E-state index is 0.566. The van der Waals surface area contributed by atoms with Crippen molar-refractivity contribution in [1.29, 1.82) is 0 Å². The van der Waals surface area contributed by atoms with Crippen LogP contribution in [0.5, 0.6) is 5.75 Å². The van der Waals surface area contributed by atoms with Crippen LogP contribution in [0.25, 0.3) is 0 Å². The topological polar surface area (TPSA) is 35.2 Å². The first kappa shape index (κ1) is 13.6. The third kappa shape index (κ3) is 2.64. The molecule has 0 heterocycles. The Labute approximate surface area is 115 Å². The van der Waals surface area contributed by atoms with Crippen LogP contribution in [0.2, 0.25) is 0 Å². The van der Waals surface area contributed by atoms with E-state index in [1.807, 2.05) is 31.2 Å². The van der Waals surface area contributed by atoms with Gasteiger partial charge in [0.25, 0.3) is 0 Å². The van der Waals surface area contributed by atoms with Crippen molar-refractivity contribution in [3.8, 4) is 5.75 Å². The van der Waals surface area contributed by atoms with Gasteiger partial charge in [0.1, 0.15) is 5.75 Å². The highest BCUT2D eigenvalue weighted by molar-refractivity contribution is 5.47. The number of methoxy groups -OCH3 is 1. The number of nitrogens with two attached hydrogens (primary N) is 1. The van der Waals surface area contributed by atoms with Crippen molar-refractivity contribution in [2.45, 2.75) is 26.3 Å². The molecule has 0 amide bonds. The molecule has 0 saturated heterocycles. The molecule has 0 aromatic heterocycles. The Morgan fingerprint density at radius 1 is 1.00 bits per heavy atom. The number of para-hydroxylation sites is 1. The van der Waals surface area contributed by atoms with Crippen LogP contribution in [0.15, 0.2) is 42.5 Å². The molecule has 100 valence electrons. The number of benzene rings is 2. The monoisotopic (exact) mass is 255 g/mol. The molecule has 2 aromatic rings. The lowest BCUT2D eigenvalue weighted by Gasteiger charge is -2.28. The predicted molar refractivity (Wildman–Crippen MR) is 79.6 cm³/mol. The van der Waals surface area contributed by atoms with Gasteiger partial charge in [-0.1, -0.05) is 47.5 Å². The molecule has 2 rings (SSSR count). The first-order valence-corrected chi connectivity index (χ1v) is 6.46. The fraction of sp³-hybridized carbons (Fsp3) is 0.294. The lowest BCUT2D eigenvalue weighted by Crippen LogP contribution is -2.34. The van der Waals surface area contributed by atoms with E-state index in [0.717, 1.165) is 16.9 Å². The van der Waals surface area contributed by atoms with Gasteiger partial charge in [0.15, 0.2) is 0 Å². The zero-order valence-electron chi connectivity index (χ0n) is 12.0. The van der Waals surface area contributed by atoms with Crippen molar-refractivity contribution in [2.24, 2.45) is 5.73 Å². The standard InChI is InChI=1S/C17H21NO/c1-12-9-13(2)11-14(10-12)17(3,18)15-7-5-6-8-16(15)19-4/h5-11H,18H2,1-4H3. The van der Waals surface area contributed by atoms with E-state index in [0.29, 0.717) is 0 Å². The smallest absolute Gasteiger partial charge is 0.124 e. The molecule has 2 heteroatoms. The summed E-state index contributed by atoms with van der Waals surface area (Å²) in [4.78, 5) is 0. The molecule has 0 bridgehead atoms. The first-order valence-electron chi connectivity index (χ1n) is 6.46. The lowest BCUT2D eigenvalue weighted by atomic mass is 9.83. The van der Waals surface area contributed by atoms with E-state index in [2.05, 4.69) is 32.0 Å². The molecule has 1 atom stereocenters. The lowest BCUT2D eigenvalue weighted by molar-refractivity contribution is 0.399.